The smallest absolute Gasteiger partial charge is 0.326 e. The fourth-order valence-electron chi connectivity index (χ4n) is 1.42. The van der Waals surface area contributed by atoms with Gasteiger partial charge in [-0.05, 0) is 13.3 Å². The average molecular weight is 272 g/mol. The van der Waals surface area contributed by atoms with Crippen LogP contribution in [0.15, 0.2) is 11.4 Å². The lowest BCUT2D eigenvalue weighted by atomic mass is 10.3. The molecule has 0 radical (unpaired) electrons. The van der Waals surface area contributed by atoms with Gasteiger partial charge in [0.1, 0.15) is 6.54 Å². The average Bonchev–Trinajstić information content (AvgIpc) is 2.69. The lowest BCUT2D eigenvalue weighted by Crippen LogP contribution is -2.16. The zero-order valence-corrected chi connectivity index (χ0v) is 11.2. The first-order chi connectivity index (χ1) is 8.58. The Morgan fingerprint density at radius 2 is 2.22 bits per heavy atom. The molecular weight excluding hydrogens is 256 g/mol. The summed E-state index contributed by atoms with van der Waals surface area (Å²) in [6, 6.07) is 0. The Hall–Kier alpha value is -1.50. The van der Waals surface area contributed by atoms with Crippen molar-refractivity contribution in [3.63, 3.8) is 0 Å². The zero-order valence-electron chi connectivity index (χ0n) is 10.4. The van der Waals surface area contributed by atoms with Crippen LogP contribution in [0.3, 0.4) is 0 Å². The molecule has 1 heterocycles. The van der Waals surface area contributed by atoms with Crippen LogP contribution < -0.4 is 0 Å². The number of thioether (sulfide) groups is 1. The lowest BCUT2D eigenvalue weighted by Gasteiger charge is -2.09. The van der Waals surface area contributed by atoms with Crippen molar-refractivity contribution in [2.75, 3.05) is 12.4 Å². The van der Waals surface area contributed by atoms with Crippen LogP contribution in [0.5, 0.6) is 0 Å². The van der Waals surface area contributed by atoms with Gasteiger partial charge in [0.25, 0.3) is 0 Å². The molecule has 0 fully saturated rings. The number of carboxylic acid groups (broad SMARTS) is 1. The molecule has 100 valence electrons. The van der Waals surface area contributed by atoms with Gasteiger partial charge >= 0.3 is 11.9 Å². The quantitative estimate of drug-likeness (QED) is 0.593. The predicted octanol–water partition coefficient (Wildman–Crippen LogP) is 1.19. The third-order valence-electron chi connectivity index (χ3n) is 2.18. The Balaban J connectivity index is 2.81. The van der Waals surface area contributed by atoms with Crippen LogP contribution in [0.4, 0.5) is 0 Å². The van der Waals surface area contributed by atoms with E-state index in [1.165, 1.54) is 0 Å². The molecule has 0 bridgehead atoms. The molecular formula is C11H16N2O4S. The summed E-state index contributed by atoms with van der Waals surface area (Å²) in [5.41, 5.74) is 0.885. The molecule has 1 rings (SSSR count). The van der Waals surface area contributed by atoms with Crippen LogP contribution in [0.25, 0.3) is 0 Å². The van der Waals surface area contributed by atoms with Gasteiger partial charge in [0.15, 0.2) is 5.16 Å². The first-order valence-corrected chi connectivity index (χ1v) is 6.61. The molecule has 0 aliphatic heterocycles. The summed E-state index contributed by atoms with van der Waals surface area (Å²) < 4.78 is 6.58. The van der Waals surface area contributed by atoms with Crippen molar-refractivity contribution in [3.8, 4) is 0 Å². The van der Waals surface area contributed by atoms with Crippen molar-refractivity contribution in [2.24, 2.45) is 0 Å². The number of ether oxygens (including phenoxy) is 1. The highest BCUT2D eigenvalue weighted by atomic mass is 32.2. The van der Waals surface area contributed by atoms with Gasteiger partial charge in [0.05, 0.1) is 12.4 Å². The molecule has 0 spiro atoms. The Morgan fingerprint density at radius 1 is 1.50 bits per heavy atom. The number of imidazole rings is 1. The molecule has 0 unspecified atom stereocenters. The minimum atomic E-state index is -0.913. The number of aryl methyl sites for hydroxylation is 1. The Kier molecular flexibility index (Phi) is 5.70. The topological polar surface area (TPSA) is 81.4 Å². The van der Waals surface area contributed by atoms with Gasteiger partial charge in [-0.15, -0.1) is 0 Å². The monoisotopic (exact) mass is 272 g/mol. The van der Waals surface area contributed by atoms with Gasteiger partial charge in [-0.2, -0.15) is 0 Å². The molecule has 7 heteroatoms. The van der Waals surface area contributed by atoms with Gasteiger partial charge in [-0.1, -0.05) is 18.7 Å². The third kappa shape index (κ3) is 4.06. The number of esters is 1. The normalized spacial score (nSPS) is 10.3. The van der Waals surface area contributed by atoms with E-state index in [0.717, 1.165) is 23.9 Å². The molecule has 0 saturated heterocycles. The van der Waals surface area contributed by atoms with Gasteiger partial charge in [0, 0.05) is 11.9 Å². The SMILES string of the molecule is CCOC(=O)Cn1c(CC)cnc1SCC(=O)O. The third-order valence-corrected chi connectivity index (χ3v) is 3.16. The van der Waals surface area contributed by atoms with E-state index >= 15 is 0 Å². The maximum atomic E-state index is 11.5. The van der Waals surface area contributed by atoms with E-state index in [0.29, 0.717) is 11.8 Å². The summed E-state index contributed by atoms with van der Waals surface area (Å²) in [7, 11) is 0. The summed E-state index contributed by atoms with van der Waals surface area (Å²) >= 11 is 1.10. The van der Waals surface area contributed by atoms with E-state index < -0.39 is 5.97 Å². The van der Waals surface area contributed by atoms with Crippen molar-refractivity contribution in [3.05, 3.63) is 11.9 Å². The Labute approximate surface area is 109 Å². The second-order valence-corrected chi connectivity index (χ2v) is 4.40. The van der Waals surface area contributed by atoms with E-state index in [9.17, 15) is 9.59 Å². The number of aliphatic carboxylic acids is 1. The second-order valence-electron chi connectivity index (χ2n) is 3.46. The first kappa shape index (κ1) is 14.6. The summed E-state index contributed by atoms with van der Waals surface area (Å²) in [6.45, 7) is 4.09. The van der Waals surface area contributed by atoms with Crippen LogP contribution in [-0.2, 0) is 27.3 Å². The van der Waals surface area contributed by atoms with Gasteiger partial charge in [-0.25, -0.2) is 4.98 Å². The molecule has 0 atom stereocenters. The molecule has 0 amide bonds. The van der Waals surface area contributed by atoms with E-state index in [1.54, 1.807) is 17.7 Å². The molecule has 0 aliphatic carbocycles. The fourth-order valence-corrected chi connectivity index (χ4v) is 2.14. The zero-order chi connectivity index (χ0) is 13.5. The van der Waals surface area contributed by atoms with Crippen molar-refractivity contribution < 1.29 is 19.4 Å². The number of hydrogen-bond donors (Lipinski definition) is 1. The van der Waals surface area contributed by atoms with Crippen LogP contribution in [0.1, 0.15) is 19.5 Å². The van der Waals surface area contributed by atoms with Gasteiger partial charge < -0.3 is 14.4 Å². The first-order valence-electron chi connectivity index (χ1n) is 5.63. The van der Waals surface area contributed by atoms with Crippen LogP contribution in [-0.4, -0.2) is 39.0 Å². The maximum Gasteiger partial charge on any atom is 0.326 e. The van der Waals surface area contributed by atoms with E-state index in [4.69, 9.17) is 9.84 Å². The van der Waals surface area contributed by atoms with E-state index in [2.05, 4.69) is 4.98 Å². The van der Waals surface area contributed by atoms with Crippen molar-refractivity contribution in [1.29, 1.82) is 0 Å². The number of nitrogens with zero attached hydrogens (tertiary/aromatic N) is 2. The van der Waals surface area contributed by atoms with Crippen molar-refractivity contribution in [2.45, 2.75) is 32.0 Å². The van der Waals surface area contributed by atoms with Crippen molar-refractivity contribution in [1.82, 2.24) is 9.55 Å². The Morgan fingerprint density at radius 3 is 2.78 bits per heavy atom. The highest BCUT2D eigenvalue weighted by molar-refractivity contribution is 7.99. The second kappa shape index (κ2) is 7.05. The standard InChI is InChI=1S/C11H16N2O4S/c1-3-8-5-12-11(18-7-9(14)15)13(8)6-10(16)17-4-2/h5H,3-4,6-7H2,1-2H3,(H,14,15). The number of aromatic nitrogens is 2. The summed E-state index contributed by atoms with van der Waals surface area (Å²) in [6.07, 6.45) is 2.38. The highest BCUT2D eigenvalue weighted by Gasteiger charge is 2.14. The molecule has 18 heavy (non-hydrogen) atoms. The van der Waals surface area contributed by atoms with Crippen LogP contribution >= 0.6 is 11.8 Å². The molecule has 1 N–H and O–H groups in total. The van der Waals surface area contributed by atoms with Gasteiger partial charge in [0.2, 0.25) is 0 Å². The van der Waals surface area contributed by atoms with Gasteiger partial charge in [-0.3, -0.25) is 9.59 Å². The summed E-state index contributed by atoms with van der Waals surface area (Å²) in [5, 5.41) is 9.18. The number of carbonyl (C=O) groups is 2. The number of carbonyl (C=O) groups excluding carboxylic acids is 1. The molecule has 0 saturated carbocycles. The fraction of sp³-hybridized carbons (Fsp3) is 0.545. The van der Waals surface area contributed by atoms with Crippen molar-refractivity contribution >= 4 is 23.7 Å². The number of carboxylic acids is 1. The lowest BCUT2D eigenvalue weighted by molar-refractivity contribution is -0.144. The molecule has 1 aromatic rings. The minimum Gasteiger partial charge on any atom is -0.481 e. The molecule has 0 aliphatic rings. The van der Waals surface area contributed by atoms with E-state index in [-0.39, 0.29) is 18.3 Å². The largest absolute Gasteiger partial charge is 0.481 e. The molecule has 0 aromatic carbocycles. The molecule has 6 nitrogen and oxygen atoms in total. The Bertz CT molecular complexity index is 431. The number of hydrogen-bond acceptors (Lipinski definition) is 5. The predicted molar refractivity (Wildman–Crippen MR) is 66.6 cm³/mol. The number of rotatable bonds is 7. The highest BCUT2D eigenvalue weighted by Crippen LogP contribution is 2.19. The van der Waals surface area contributed by atoms with Crippen LogP contribution in [0.2, 0.25) is 0 Å². The minimum absolute atomic E-state index is 0.0684. The molecule has 1 aromatic heterocycles. The maximum absolute atomic E-state index is 11.5. The summed E-state index contributed by atoms with van der Waals surface area (Å²) in [4.78, 5) is 26.1. The van der Waals surface area contributed by atoms with E-state index in [1.807, 2.05) is 6.92 Å². The summed E-state index contributed by atoms with van der Waals surface area (Å²) in [5.74, 6) is -1.34. The van der Waals surface area contributed by atoms with Crippen LogP contribution in [0, 0.1) is 0 Å².